The predicted octanol–water partition coefficient (Wildman–Crippen LogP) is 4.03. The van der Waals surface area contributed by atoms with Crippen molar-refractivity contribution >= 4 is 16.6 Å². The first-order valence-corrected chi connectivity index (χ1v) is 15.3. The molecule has 1 saturated heterocycles. The van der Waals surface area contributed by atoms with E-state index in [4.69, 9.17) is 13.6 Å². The molecule has 2 N–H and O–H groups in total. The van der Waals surface area contributed by atoms with E-state index in [-0.39, 0.29) is 16.7 Å². The van der Waals surface area contributed by atoms with Crippen LogP contribution in [0.2, 0.25) is 36.3 Å². The normalized spacial score (nSPS) is 26.8. The van der Waals surface area contributed by atoms with Crippen LogP contribution in [0.15, 0.2) is 12.3 Å². The minimum Gasteiger partial charge on any atom is -0.487 e. The number of hydrogen-bond acceptors (Lipinski definition) is 5. The molecule has 0 aliphatic carbocycles. The SMILES string of the molecule is C=C1O[C@@H]([C@H](O)CO)[C@H](O[Si](C)(C)C(C)(C)C)[C@H]1O[Si](C)(C)C(C)(C)C. The van der Waals surface area contributed by atoms with E-state index in [0.717, 1.165) is 0 Å². The molecule has 0 radical (unpaired) electrons. The van der Waals surface area contributed by atoms with Crippen molar-refractivity contribution in [3.05, 3.63) is 12.3 Å². The fourth-order valence-corrected chi connectivity index (χ4v) is 4.88. The highest BCUT2D eigenvalue weighted by Crippen LogP contribution is 2.44. The molecule has 4 atom stereocenters. The van der Waals surface area contributed by atoms with Crippen LogP contribution in [0, 0.1) is 0 Å². The highest BCUT2D eigenvalue weighted by Gasteiger charge is 2.53. The van der Waals surface area contributed by atoms with Gasteiger partial charge in [-0.1, -0.05) is 48.1 Å². The first-order chi connectivity index (χ1) is 11.4. The van der Waals surface area contributed by atoms with Crippen molar-refractivity contribution in [1.82, 2.24) is 0 Å². The van der Waals surface area contributed by atoms with E-state index >= 15 is 0 Å². The summed E-state index contributed by atoms with van der Waals surface area (Å²) in [5, 5.41) is 19.8. The first kappa shape index (κ1) is 23.9. The van der Waals surface area contributed by atoms with Crippen LogP contribution in [0.25, 0.3) is 0 Å². The molecule has 0 amide bonds. The van der Waals surface area contributed by atoms with Crippen LogP contribution >= 0.6 is 0 Å². The lowest BCUT2D eigenvalue weighted by molar-refractivity contribution is -0.0574. The lowest BCUT2D eigenvalue weighted by atomic mass is 10.1. The molecule has 1 rings (SSSR count). The molecule has 0 bridgehead atoms. The summed E-state index contributed by atoms with van der Waals surface area (Å²) >= 11 is 0. The molecule has 0 spiro atoms. The summed E-state index contributed by atoms with van der Waals surface area (Å²) in [4.78, 5) is 0. The molecule has 1 aliphatic heterocycles. The van der Waals surface area contributed by atoms with Crippen LogP contribution in [0.4, 0.5) is 0 Å². The van der Waals surface area contributed by atoms with E-state index in [1.807, 2.05) is 0 Å². The van der Waals surface area contributed by atoms with Gasteiger partial charge in [0.2, 0.25) is 0 Å². The van der Waals surface area contributed by atoms with Crippen LogP contribution in [-0.2, 0) is 13.6 Å². The van der Waals surface area contributed by atoms with E-state index in [2.05, 4.69) is 74.3 Å². The smallest absolute Gasteiger partial charge is 0.193 e. The third-order valence-electron chi connectivity index (χ3n) is 6.26. The molecule has 1 aliphatic rings. The van der Waals surface area contributed by atoms with E-state index < -0.39 is 41.1 Å². The van der Waals surface area contributed by atoms with Gasteiger partial charge in [-0.15, -0.1) is 0 Å². The summed E-state index contributed by atoms with van der Waals surface area (Å²) in [6.45, 7) is 25.4. The van der Waals surface area contributed by atoms with Gasteiger partial charge in [-0.3, -0.25) is 0 Å². The van der Waals surface area contributed by atoms with Crippen molar-refractivity contribution in [2.24, 2.45) is 0 Å². The zero-order valence-corrected chi connectivity index (χ0v) is 20.3. The molecule has 0 aromatic rings. The van der Waals surface area contributed by atoms with Crippen molar-refractivity contribution < 1.29 is 23.8 Å². The van der Waals surface area contributed by atoms with Gasteiger partial charge >= 0.3 is 0 Å². The number of aliphatic hydroxyl groups excluding tert-OH is 2. The van der Waals surface area contributed by atoms with Crippen molar-refractivity contribution in [2.75, 3.05) is 6.61 Å². The number of rotatable bonds is 6. The Morgan fingerprint density at radius 3 is 1.81 bits per heavy atom. The average Bonchev–Trinajstić information content (AvgIpc) is 2.72. The molecule has 7 heteroatoms. The molecule has 0 unspecified atom stereocenters. The van der Waals surface area contributed by atoms with Gasteiger partial charge in [-0.2, -0.15) is 0 Å². The molecular formula is C19H40O5Si2. The molecule has 26 heavy (non-hydrogen) atoms. The Labute approximate surface area is 162 Å². The number of aliphatic hydroxyl groups is 2. The van der Waals surface area contributed by atoms with Gasteiger partial charge in [0.25, 0.3) is 0 Å². The van der Waals surface area contributed by atoms with Gasteiger partial charge in [0.15, 0.2) is 22.7 Å². The predicted molar refractivity (Wildman–Crippen MR) is 111 cm³/mol. The van der Waals surface area contributed by atoms with E-state index in [1.54, 1.807) is 0 Å². The first-order valence-electron chi connectivity index (χ1n) is 9.44. The summed E-state index contributed by atoms with van der Waals surface area (Å²) < 4.78 is 19.1. The third-order valence-corrected chi connectivity index (χ3v) is 15.2. The van der Waals surface area contributed by atoms with Gasteiger partial charge in [-0.05, 0) is 36.3 Å². The van der Waals surface area contributed by atoms with Gasteiger partial charge in [0.05, 0.1) is 6.61 Å². The van der Waals surface area contributed by atoms with E-state index in [9.17, 15) is 10.2 Å². The molecular weight excluding hydrogens is 364 g/mol. The maximum atomic E-state index is 10.3. The maximum Gasteiger partial charge on any atom is 0.193 e. The summed E-state index contributed by atoms with van der Waals surface area (Å²) in [6.07, 6.45) is -2.61. The van der Waals surface area contributed by atoms with Gasteiger partial charge in [-0.25, -0.2) is 0 Å². The molecule has 0 aromatic carbocycles. The molecule has 1 heterocycles. The van der Waals surface area contributed by atoms with Crippen LogP contribution in [0.1, 0.15) is 41.5 Å². The van der Waals surface area contributed by atoms with Crippen LogP contribution in [-0.4, -0.2) is 57.9 Å². The summed E-state index contributed by atoms with van der Waals surface area (Å²) in [7, 11) is -4.24. The quantitative estimate of drug-likeness (QED) is 0.654. The Morgan fingerprint density at radius 2 is 1.42 bits per heavy atom. The topological polar surface area (TPSA) is 68.2 Å². The Morgan fingerprint density at radius 1 is 1.00 bits per heavy atom. The fourth-order valence-electron chi connectivity index (χ4n) is 2.34. The molecule has 154 valence electrons. The minimum atomic E-state index is -2.14. The summed E-state index contributed by atoms with van der Waals surface area (Å²) in [5.41, 5.74) is 0. The molecule has 0 saturated carbocycles. The van der Waals surface area contributed by atoms with Crippen LogP contribution in [0.3, 0.4) is 0 Å². The van der Waals surface area contributed by atoms with Crippen molar-refractivity contribution in [2.45, 2.75) is 102 Å². The maximum absolute atomic E-state index is 10.3. The number of hydrogen-bond donors (Lipinski definition) is 2. The Kier molecular flexibility index (Phi) is 7.04. The second-order valence-electron chi connectivity index (χ2n) is 10.4. The van der Waals surface area contributed by atoms with E-state index in [1.165, 1.54) is 0 Å². The zero-order chi connectivity index (χ0) is 20.7. The Balaban J connectivity index is 3.23. The van der Waals surface area contributed by atoms with Crippen molar-refractivity contribution in [3.63, 3.8) is 0 Å². The van der Waals surface area contributed by atoms with Gasteiger partial charge in [0.1, 0.15) is 24.1 Å². The van der Waals surface area contributed by atoms with Crippen LogP contribution in [0.5, 0.6) is 0 Å². The largest absolute Gasteiger partial charge is 0.487 e. The fraction of sp³-hybridized carbons (Fsp3) is 0.895. The lowest BCUT2D eigenvalue weighted by Crippen LogP contribution is -2.54. The second kappa shape index (κ2) is 7.68. The van der Waals surface area contributed by atoms with Crippen LogP contribution < -0.4 is 0 Å². The molecule has 0 aromatic heterocycles. The Bertz CT molecular complexity index is 505. The summed E-state index contributed by atoms with van der Waals surface area (Å²) in [6, 6.07) is 0. The standard InChI is InChI=1S/C19H40O5Si2/c1-13-15(23-25(8,9)18(2,3)4)17(16(22-13)14(21)12-20)24-26(10,11)19(5,6)7/h14-17,20-21H,1,12H2,2-11H3/t14-,15+,16+,17-/m1/s1. The minimum absolute atomic E-state index is 0.00711. The lowest BCUT2D eigenvalue weighted by Gasteiger charge is -2.43. The third kappa shape index (κ3) is 4.99. The second-order valence-corrected chi connectivity index (χ2v) is 20.0. The number of ether oxygens (including phenoxy) is 1. The van der Waals surface area contributed by atoms with Crippen molar-refractivity contribution in [3.8, 4) is 0 Å². The summed E-state index contributed by atoms with van der Waals surface area (Å²) in [5.74, 6) is 0.482. The highest BCUT2D eigenvalue weighted by atomic mass is 28.4. The Hall–Kier alpha value is -0.186. The van der Waals surface area contributed by atoms with Crippen molar-refractivity contribution in [1.29, 1.82) is 0 Å². The monoisotopic (exact) mass is 404 g/mol. The zero-order valence-electron chi connectivity index (χ0n) is 18.3. The average molecular weight is 405 g/mol. The molecule has 1 fully saturated rings. The van der Waals surface area contributed by atoms with Gasteiger partial charge < -0.3 is 23.8 Å². The molecule has 5 nitrogen and oxygen atoms in total. The van der Waals surface area contributed by atoms with Gasteiger partial charge in [0, 0.05) is 0 Å². The van der Waals surface area contributed by atoms with E-state index in [0.29, 0.717) is 5.76 Å². The highest BCUT2D eigenvalue weighted by molar-refractivity contribution is 6.74.